The Hall–Kier alpha value is -0.630. The van der Waals surface area contributed by atoms with Gasteiger partial charge in [0.15, 0.2) is 0 Å². The maximum atomic E-state index is 12.3. The fraction of sp³-hybridized carbons (Fsp3) is 0.786. The summed E-state index contributed by atoms with van der Waals surface area (Å²) < 4.78 is 0. The fourth-order valence-electron chi connectivity index (χ4n) is 3.16. The molecule has 1 fully saturated rings. The van der Waals surface area contributed by atoms with Crippen LogP contribution >= 0.6 is 0 Å². The molecule has 0 bridgehead atoms. The molecule has 0 aromatic heterocycles. The molecule has 2 nitrogen and oxygen atoms in total. The molecule has 0 saturated heterocycles. The number of ketones is 1. The highest BCUT2D eigenvalue weighted by molar-refractivity contribution is 5.85. The number of carbonyl (C=O) groups excluding carboxylic acids is 1. The van der Waals surface area contributed by atoms with Gasteiger partial charge < -0.3 is 5.73 Å². The second kappa shape index (κ2) is 5.13. The average Bonchev–Trinajstić information content (AvgIpc) is 2.75. The lowest BCUT2D eigenvalue weighted by atomic mass is 9.75. The van der Waals surface area contributed by atoms with Crippen LogP contribution in [0.4, 0.5) is 0 Å². The molecule has 16 heavy (non-hydrogen) atoms. The van der Waals surface area contributed by atoms with Gasteiger partial charge in [-0.15, -0.1) is 0 Å². The van der Waals surface area contributed by atoms with E-state index in [9.17, 15) is 4.79 Å². The Kier molecular flexibility index (Phi) is 3.80. The van der Waals surface area contributed by atoms with Crippen LogP contribution in [0.3, 0.4) is 0 Å². The van der Waals surface area contributed by atoms with Gasteiger partial charge in [0.1, 0.15) is 5.78 Å². The minimum Gasteiger partial charge on any atom is -0.324 e. The Labute approximate surface area is 98.3 Å². The van der Waals surface area contributed by atoms with Gasteiger partial charge in [0.05, 0.1) is 0 Å². The summed E-state index contributed by atoms with van der Waals surface area (Å²) in [7, 11) is 0. The Morgan fingerprint density at radius 1 is 1.31 bits per heavy atom. The largest absolute Gasteiger partial charge is 0.324 e. The van der Waals surface area contributed by atoms with Crippen molar-refractivity contribution >= 4 is 5.78 Å². The van der Waals surface area contributed by atoms with E-state index in [0.717, 1.165) is 25.2 Å². The standard InChI is InChI=1S/C14H23NO/c1-2-10-4-3-5-11(8-10)14(16)12-6-7-13(15)9-12/h6-7,10-13H,2-5,8-9,15H2,1H3. The number of nitrogens with two attached hydrogens (primary N) is 1. The first-order valence-corrected chi connectivity index (χ1v) is 6.68. The highest BCUT2D eigenvalue weighted by atomic mass is 16.1. The lowest BCUT2D eigenvalue weighted by Gasteiger charge is -2.28. The van der Waals surface area contributed by atoms with E-state index >= 15 is 0 Å². The first kappa shape index (κ1) is 11.8. The molecule has 90 valence electrons. The zero-order chi connectivity index (χ0) is 11.5. The van der Waals surface area contributed by atoms with Crippen LogP contribution in [-0.4, -0.2) is 11.8 Å². The number of Topliss-reactive ketones (excluding diaryl/α,β-unsaturated/α-hetero) is 1. The molecule has 2 aliphatic rings. The third-order valence-electron chi connectivity index (χ3n) is 4.24. The Morgan fingerprint density at radius 2 is 2.12 bits per heavy atom. The number of hydrogen-bond acceptors (Lipinski definition) is 2. The molecule has 1 saturated carbocycles. The summed E-state index contributed by atoms with van der Waals surface area (Å²) in [6, 6.07) is 0.111. The van der Waals surface area contributed by atoms with Crippen LogP contribution in [-0.2, 0) is 4.79 Å². The van der Waals surface area contributed by atoms with Crippen LogP contribution < -0.4 is 5.73 Å². The summed E-state index contributed by atoms with van der Waals surface area (Å²) in [5, 5.41) is 0. The third-order valence-corrected chi connectivity index (χ3v) is 4.24. The average molecular weight is 221 g/mol. The van der Waals surface area contributed by atoms with E-state index in [4.69, 9.17) is 5.73 Å². The van der Waals surface area contributed by atoms with Crippen molar-refractivity contribution in [2.75, 3.05) is 0 Å². The van der Waals surface area contributed by atoms with Gasteiger partial charge in [-0.2, -0.15) is 0 Å². The maximum Gasteiger partial charge on any atom is 0.142 e. The van der Waals surface area contributed by atoms with Crippen molar-refractivity contribution in [3.63, 3.8) is 0 Å². The summed E-state index contributed by atoms with van der Waals surface area (Å²) in [5.74, 6) is 1.68. The molecule has 4 atom stereocenters. The highest BCUT2D eigenvalue weighted by Crippen LogP contribution is 2.34. The van der Waals surface area contributed by atoms with Crippen LogP contribution in [0.15, 0.2) is 12.2 Å². The van der Waals surface area contributed by atoms with Crippen LogP contribution in [0.25, 0.3) is 0 Å². The van der Waals surface area contributed by atoms with Crippen molar-refractivity contribution < 1.29 is 4.79 Å². The molecule has 4 unspecified atom stereocenters. The molecule has 0 heterocycles. The SMILES string of the molecule is CCC1CCCC(C(=O)C2C=CC(N)C2)C1. The van der Waals surface area contributed by atoms with Crippen molar-refractivity contribution in [3.8, 4) is 0 Å². The van der Waals surface area contributed by atoms with Crippen molar-refractivity contribution in [2.24, 2.45) is 23.5 Å². The molecule has 0 radical (unpaired) electrons. The number of allylic oxidation sites excluding steroid dienone is 1. The fourth-order valence-corrected chi connectivity index (χ4v) is 3.16. The summed E-state index contributed by atoms with van der Waals surface area (Å²) in [6.07, 6.45) is 10.9. The van der Waals surface area contributed by atoms with Gasteiger partial charge in [-0.25, -0.2) is 0 Å². The minimum atomic E-state index is 0.111. The van der Waals surface area contributed by atoms with Crippen LogP contribution in [0, 0.1) is 17.8 Å². The predicted molar refractivity (Wildman–Crippen MR) is 66.0 cm³/mol. The molecule has 0 aliphatic heterocycles. The van der Waals surface area contributed by atoms with Crippen LogP contribution in [0.2, 0.25) is 0 Å². The lowest BCUT2D eigenvalue weighted by molar-refractivity contribution is -0.126. The Balaban J connectivity index is 1.91. The molecule has 2 rings (SSSR count). The van der Waals surface area contributed by atoms with Crippen molar-refractivity contribution in [1.82, 2.24) is 0 Å². The normalized spacial score (nSPS) is 38.9. The van der Waals surface area contributed by atoms with Gasteiger partial charge in [-0.1, -0.05) is 38.3 Å². The molecule has 2 N–H and O–H groups in total. The zero-order valence-corrected chi connectivity index (χ0v) is 10.2. The molecule has 0 amide bonds. The van der Waals surface area contributed by atoms with E-state index in [0.29, 0.717) is 11.7 Å². The maximum absolute atomic E-state index is 12.3. The Bertz CT molecular complexity index is 284. The smallest absolute Gasteiger partial charge is 0.142 e. The van der Waals surface area contributed by atoms with E-state index in [1.807, 2.05) is 12.2 Å². The third kappa shape index (κ3) is 2.54. The second-order valence-electron chi connectivity index (χ2n) is 5.43. The molecule has 0 spiro atoms. The Morgan fingerprint density at radius 3 is 2.75 bits per heavy atom. The molecule has 0 aromatic rings. The molecule has 2 heteroatoms. The van der Waals surface area contributed by atoms with Gasteiger partial charge in [-0.3, -0.25) is 4.79 Å². The second-order valence-corrected chi connectivity index (χ2v) is 5.43. The van der Waals surface area contributed by atoms with Gasteiger partial charge >= 0.3 is 0 Å². The van der Waals surface area contributed by atoms with Gasteiger partial charge in [0.25, 0.3) is 0 Å². The van der Waals surface area contributed by atoms with E-state index in [2.05, 4.69) is 6.92 Å². The first-order chi connectivity index (χ1) is 7.70. The highest BCUT2D eigenvalue weighted by Gasteiger charge is 2.32. The zero-order valence-electron chi connectivity index (χ0n) is 10.2. The summed E-state index contributed by atoms with van der Waals surface area (Å²) in [5.41, 5.74) is 5.81. The minimum absolute atomic E-state index is 0.111. The van der Waals surface area contributed by atoms with Crippen molar-refractivity contribution in [3.05, 3.63) is 12.2 Å². The summed E-state index contributed by atoms with van der Waals surface area (Å²) in [4.78, 5) is 12.3. The number of carbonyl (C=O) groups is 1. The molecule has 2 aliphatic carbocycles. The topological polar surface area (TPSA) is 43.1 Å². The molecular formula is C14H23NO. The van der Waals surface area contributed by atoms with E-state index in [-0.39, 0.29) is 12.0 Å². The van der Waals surface area contributed by atoms with E-state index in [1.165, 1.54) is 19.3 Å². The quantitative estimate of drug-likeness (QED) is 0.745. The summed E-state index contributed by atoms with van der Waals surface area (Å²) in [6.45, 7) is 2.24. The van der Waals surface area contributed by atoms with E-state index in [1.54, 1.807) is 0 Å². The predicted octanol–water partition coefficient (Wildman–Crippen LogP) is 2.68. The lowest BCUT2D eigenvalue weighted by Crippen LogP contribution is -2.28. The van der Waals surface area contributed by atoms with Crippen molar-refractivity contribution in [1.29, 1.82) is 0 Å². The number of rotatable bonds is 3. The number of hydrogen-bond donors (Lipinski definition) is 1. The van der Waals surface area contributed by atoms with Crippen molar-refractivity contribution in [2.45, 2.75) is 51.5 Å². The monoisotopic (exact) mass is 221 g/mol. The molecule has 0 aromatic carbocycles. The van der Waals surface area contributed by atoms with Crippen LogP contribution in [0.1, 0.15) is 45.4 Å². The van der Waals surface area contributed by atoms with E-state index < -0.39 is 0 Å². The van der Waals surface area contributed by atoms with Gasteiger partial charge in [0.2, 0.25) is 0 Å². The molecular weight excluding hydrogens is 198 g/mol. The first-order valence-electron chi connectivity index (χ1n) is 6.68. The van der Waals surface area contributed by atoms with Gasteiger partial charge in [-0.05, 0) is 25.2 Å². The van der Waals surface area contributed by atoms with Gasteiger partial charge in [0, 0.05) is 17.9 Å². The van der Waals surface area contributed by atoms with Crippen LogP contribution in [0.5, 0.6) is 0 Å². The summed E-state index contributed by atoms with van der Waals surface area (Å²) >= 11 is 0.